The Balaban J connectivity index is 1.46. The average molecular weight is 458 g/mol. The second kappa shape index (κ2) is 10.7. The predicted octanol–water partition coefficient (Wildman–Crippen LogP) is 4.52. The third-order valence-electron chi connectivity index (χ3n) is 5.01. The number of benzene rings is 2. The van der Waals surface area contributed by atoms with Crippen LogP contribution in [0.2, 0.25) is 0 Å². The second-order valence-corrected chi connectivity index (χ2v) is 8.35. The lowest BCUT2D eigenvalue weighted by Crippen LogP contribution is -2.15. The number of aryl methyl sites for hydroxylation is 1. The average Bonchev–Trinajstić information content (AvgIpc) is 3.26. The van der Waals surface area contributed by atoms with Crippen molar-refractivity contribution >= 4 is 29.1 Å². The van der Waals surface area contributed by atoms with Crippen LogP contribution in [0.4, 0.5) is 5.69 Å². The lowest BCUT2D eigenvalue weighted by Gasteiger charge is -2.10. The van der Waals surface area contributed by atoms with Crippen LogP contribution in [-0.4, -0.2) is 37.2 Å². The number of hydrogen-bond acceptors (Lipinski definition) is 6. The lowest BCUT2D eigenvalue weighted by atomic mass is 10.1. The Bertz CT molecular complexity index is 1220. The molecule has 2 heterocycles. The van der Waals surface area contributed by atoms with E-state index < -0.39 is 0 Å². The molecule has 8 heteroatoms. The van der Waals surface area contributed by atoms with E-state index in [1.807, 2.05) is 34.9 Å². The maximum atomic E-state index is 12.5. The molecular weight excluding hydrogens is 434 g/mol. The van der Waals surface area contributed by atoms with Crippen LogP contribution in [0.25, 0.3) is 11.4 Å². The maximum Gasteiger partial charge on any atom is 0.234 e. The fraction of sp³-hybridized carbons (Fsp3) is 0.160. The SMILES string of the molecule is CC(=O)c1ccc(NC(=O)CSc2nnc(-c3cccnc3)n2CCc2ccccc2)cc1. The van der Waals surface area contributed by atoms with Crippen molar-refractivity contribution in [2.75, 3.05) is 11.1 Å². The van der Waals surface area contributed by atoms with E-state index in [1.54, 1.807) is 36.7 Å². The highest BCUT2D eigenvalue weighted by Crippen LogP contribution is 2.24. The molecule has 4 rings (SSSR count). The Kier molecular flexibility index (Phi) is 7.26. The molecule has 0 radical (unpaired) electrons. The Hall–Kier alpha value is -3.78. The van der Waals surface area contributed by atoms with Gasteiger partial charge in [0.1, 0.15) is 0 Å². The standard InChI is InChI=1S/C25H23N5O2S/c1-18(31)20-9-11-22(12-10-20)27-23(32)17-33-25-29-28-24(21-8-5-14-26-16-21)30(25)15-13-19-6-3-2-4-7-19/h2-12,14,16H,13,15,17H2,1H3,(H,27,32). The van der Waals surface area contributed by atoms with E-state index in [0.717, 1.165) is 17.8 Å². The minimum absolute atomic E-state index is 0.0114. The molecule has 4 aromatic rings. The third kappa shape index (κ3) is 5.93. The predicted molar refractivity (Wildman–Crippen MR) is 129 cm³/mol. The molecule has 1 amide bonds. The van der Waals surface area contributed by atoms with Crippen molar-refractivity contribution < 1.29 is 9.59 Å². The van der Waals surface area contributed by atoms with Crippen molar-refractivity contribution in [2.24, 2.45) is 0 Å². The zero-order chi connectivity index (χ0) is 23.0. The summed E-state index contributed by atoms with van der Waals surface area (Å²) in [7, 11) is 0. The highest BCUT2D eigenvalue weighted by Gasteiger charge is 2.16. The van der Waals surface area contributed by atoms with Gasteiger partial charge in [0, 0.05) is 35.8 Å². The summed E-state index contributed by atoms with van der Waals surface area (Å²) >= 11 is 1.34. The van der Waals surface area contributed by atoms with Gasteiger partial charge in [0.05, 0.1) is 5.75 Å². The number of hydrogen-bond donors (Lipinski definition) is 1. The van der Waals surface area contributed by atoms with Crippen LogP contribution < -0.4 is 5.32 Å². The van der Waals surface area contributed by atoms with E-state index in [9.17, 15) is 9.59 Å². The summed E-state index contributed by atoms with van der Waals surface area (Å²) in [5, 5.41) is 12.2. The Morgan fingerprint density at radius 1 is 0.970 bits per heavy atom. The Labute approximate surface area is 196 Å². The van der Waals surface area contributed by atoms with Gasteiger partial charge < -0.3 is 9.88 Å². The molecule has 0 fully saturated rings. The molecule has 1 N–H and O–H groups in total. The first-order valence-electron chi connectivity index (χ1n) is 10.5. The van der Waals surface area contributed by atoms with Gasteiger partial charge in [-0.3, -0.25) is 14.6 Å². The van der Waals surface area contributed by atoms with Crippen LogP contribution in [0.15, 0.2) is 84.3 Å². The number of ketones is 1. The summed E-state index contributed by atoms with van der Waals surface area (Å²) in [4.78, 5) is 28.1. The van der Waals surface area contributed by atoms with Gasteiger partial charge in [0.15, 0.2) is 16.8 Å². The minimum atomic E-state index is -0.156. The number of aromatic nitrogens is 4. The van der Waals surface area contributed by atoms with Crippen LogP contribution in [0.1, 0.15) is 22.8 Å². The molecule has 166 valence electrons. The summed E-state index contributed by atoms with van der Waals surface area (Å²) in [6.45, 7) is 2.19. The highest BCUT2D eigenvalue weighted by atomic mass is 32.2. The second-order valence-electron chi connectivity index (χ2n) is 7.41. The molecule has 0 aliphatic heterocycles. The number of rotatable bonds is 9. The zero-order valence-electron chi connectivity index (χ0n) is 18.1. The first-order valence-corrected chi connectivity index (χ1v) is 11.5. The molecule has 0 saturated carbocycles. The smallest absolute Gasteiger partial charge is 0.234 e. The number of pyridine rings is 1. The van der Waals surface area contributed by atoms with Crippen LogP contribution >= 0.6 is 11.8 Å². The molecule has 33 heavy (non-hydrogen) atoms. The summed E-state index contributed by atoms with van der Waals surface area (Å²) < 4.78 is 2.03. The van der Waals surface area contributed by atoms with Gasteiger partial charge in [0.25, 0.3) is 0 Å². The van der Waals surface area contributed by atoms with Gasteiger partial charge in [-0.05, 0) is 55.3 Å². The fourth-order valence-electron chi connectivity index (χ4n) is 3.31. The summed E-state index contributed by atoms with van der Waals surface area (Å²) in [5.74, 6) is 0.742. The lowest BCUT2D eigenvalue weighted by molar-refractivity contribution is -0.113. The molecule has 2 aromatic heterocycles. The van der Waals surface area contributed by atoms with E-state index >= 15 is 0 Å². The minimum Gasteiger partial charge on any atom is -0.325 e. The topological polar surface area (TPSA) is 89.8 Å². The Morgan fingerprint density at radius 3 is 2.45 bits per heavy atom. The number of carbonyl (C=O) groups is 2. The van der Waals surface area contributed by atoms with Gasteiger partial charge >= 0.3 is 0 Å². The maximum absolute atomic E-state index is 12.5. The number of nitrogens with one attached hydrogen (secondary N) is 1. The molecule has 0 unspecified atom stereocenters. The van der Waals surface area contributed by atoms with E-state index in [-0.39, 0.29) is 17.4 Å². The number of amides is 1. The van der Waals surface area contributed by atoms with Crippen molar-refractivity contribution in [1.29, 1.82) is 0 Å². The van der Waals surface area contributed by atoms with E-state index in [4.69, 9.17) is 0 Å². The molecule has 0 atom stereocenters. The van der Waals surface area contributed by atoms with Gasteiger partial charge in [-0.2, -0.15) is 0 Å². The molecule has 0 aliphatic carbocycles. The summed E-state index contributed by atoms with van der Waals surface area (Å²) in [5.41, 5.74) is 3.34. The number of nitrogens with zero attached hydrogens (tertiary/aromatic N) is 4. The van der Waals surface area contributed by atoms with E-state index in [2.05, 4.69) is 32.6 Å². The molecule has 0 bridgehead atoms. The summed E-state index contributed by atoms with van der Waals surface area (Å²) in [6, 6.07) is 20.9. The van der Waals surface area contributed by atoms with Crippen molar-refractivity contribution in [2.45, 2.75) is 25.0 Å². The largest absolute Gasteiger partial charge is 0.325 e. The van der Waals surface area contributed by atoms with Gasteiger partial charge in [-0.25, -0.2) is 0 Å². The monoisotopic (exact) mass is 457 g/mol. The number of anilines is 1. The van der Waals surface area contributed by atoms with Gasteiger partial charge in [-0.1, -0.05) is 42.1 Å². The fourth-order valence-corrected chi connectivity index (χ4v) is 4.07. The molecule has 7 nitrogen and oxygen atoms in total. The van der Waals surface area contributed by atoms with E-state index in [1.165, 1.54) is 24.2 Å². The first-order chi connectivity index (χ1) is 16.1. The number of Topliss-reactive ketones (excluding diaryl/α,β-unsaturated/α-hetero) is 1. The zero-order valence-corrected chi connectivity index (χ0v) is 19.0. The summed E-state index contributed by atoms with van der Waals surface area (Å²) in [6.07, 6.45) is 4.29. The van der Waals surface area contributed by atoms with Crippen LogP contribution in [-0.2, 0) is 17.8 Å². The molecule has 2 aromatic carbocycles. The highest BCUT2D eigenvalue weighted by molar-refractivity contribution is 7.99. The van der Waals surface area contributed by atoms with Gasteiger partial charge in [-0.15, -0.1) is 10.2 Å². The van der Waals surface area contributed by atoms with Crippen LogP contribution in [0.3, 0.4) is 0 Å². The molecule has 0 saturated heterocycles. The number of thioether (sulfide) groups is 1. The van der Waals surface area contributed by atoms with E-state index in [0.29, 0.717) is 23.0 Å². The molecule has 0 spiro atoms. The van der Waals surface area contributed by atoms with Crippen molar-refractivity contribution in [1.82, 2.24) is 19.7 Å². The van der Waals surface area contributed by atoms with Crippen LogP contribution in [0.5, 0.6) is 0 Å². The number of carbonyl (C=O) groups excluding carboxylic acids is 2. The first kappa shape index (κ1) is 22.4. The normalized spacial score (nSPS) is 10.7. The van der Waals surface area contributed by atoms with Crippen molar-refractivity contribution in [3.63, 3.8) is 0 Å². The van der Waals surface area contributed by atoms with Gasteiger partial charge in [0.2, 0.25) is 5.91 Å². The quantitative estimate of drug-likeness (QED) is 0.294. The van der Waals surface area contributed by atoms with Crippen LogP contribution in [0, 0.1) is 0 Å². The molecule has 0 aliphatic rings. The Morgan fingerprint density at radius 2 is 1.76 bits per heavy atom. The third-order valence-corrected chi connectivity index (χ3v) is 5.98. The van der Waals surface area contributed by atoms with Crippen molar-refractivity contribution in [3.8, 4) is 11.4 Å². The molecular formula is C25H23N5O2S. The van der Waals surface area contributed by atoms with Crippen molar-refractivity contribution in [3.05, 3.63) is 90.3 Å².